The van der Waals surface area contributed by atoms with Gasteiger partial charge in [0.15, 0.2) is 0 Å². The zero-order valence-corrected chi connectivity index (χ0v) is 19.8. The number of carbonyl (C=O) groups excluding carboxylic acids is 3. The van der Waals surface area contributed by atoms with Crippen LogP contribution in [0.1, 0.15) is 25.8 Å². The lowest BCUT2D eigenvalue weighted by molar-refractivity contribution is -0.383. The Kier molecular flexibility index (Phi) is 8.57. The molecule has 6 N–H and O–H groups in total. The molecule has 0 radical (unpaired) electrons. The van der Waals surface area contributed by atoms with E-state index in [1.54, 1.807) is 18.6 Å². The highest BCUT2D eigenvalue weighted by Gasteiger charge is 2.31. The molecule has 0 saturated heterocycles. The van der Waals surface area contributed by atoms with Gasteiger partial charge in [0.05, 0.1) is 4.92 Å². The first-order valence-corrected chi connectivity index (χ1v) is 11.3. The van der Waals surface area contributed by atoms with Gasteiger partial charge < -0.3 is 20.9 Å². The van der Waals surface area contributed by atoms with Crippen LogP contribution in [0.4, 0.5) is 16.2 Å². The Morgan fingerprint density at radius 2 is 1.75 bits per heavy atom. The molecule has 0 bridgehead atoms. The summed E-state index contributed by atoms with van der Waals surface area (Å²) in [4.78, 5) is 51.9. The fraction of sp³-hybridized carbons (Fsp3) is 0.292. The van der Waals surface area contributed by atoms with Crippen LogP contribution in [0.3, 0.4) is 0 Å². The molecule has 12 nitrogen and oxygen atoms in total. The van der Waals surface area contributed by atoms with Gasteiger partial charge in [-0.05, 0) is 23.6 Å². The molecule has 0 saturated carbocycles. The number of aromatic nitrogens is 1. The minimum absolute atomic E-state index is 0.0276. The molecule has 0 aliphatic rings. The number of urea groups is 1. The van der Waals surface area contributed by atoms with Crippen LogP contribution >= 0.6 is 0 Å². The Hall–Kier alpha value is -4.45. The summed E-state index contributed by atoms with van der Waals surface area (Å²) in [6.07, 6.45) is 2.32. The van der Waals surface area contributed by atoms with E-state index in [1.165, 1.54) is 24.3 Å². The van der Waals surface area contributed by atoms with Gasteiger partial charge >= 0.3 is 6.03 Å². The average molecular weight is 497 g/mol. The third-order valence-electron chi connectivity index (χ3n) is 5.97. The van der Waals surface area contributed by atoms with Crippen molar-refractivity contribution in [2.75, 3.05) is 5.32 Å². The molecule has 0 aliphatic heterocycles. The number of nitrogens with zero attached hydrogens (tertiary/aromatic N) is 1. The number of para-hydroxylation sites is 3. The number of rotatable bonds is 10. The van der Waals surface area contributed by atoms with Crippen LogP contribution in [0.15, 0.2) is 54.7 Å². The number of carbonyl (C=O) groups is 3. The van der Waals surface area contributed by atoms with E-state index in [0.29, 0.717) is 6.42 Å². The van der Waals surface area contributed by atoms with Crippen molar-refractivity contribution in [1.82, 2.24) is 21.1 Å². The van der Waals surface area contributed by atoms with Gasteiger partial charge in [-0.15, -0.1) is 0 Å². The molecule has 36 heavy (non-hydrogen) atoms. The quantitative estimate of drug-likeness (QED) is 0.143. The van der Waals surface area contributed by atoms with Gasteiger partial charge in [0.1, 0.15) is 17.8 Å². The molecule has 0 unspecified atom stereocenters. The number of nitrogens with one attached hydrogen (secondary N) is 5. The van der Waals surface area contributed by atoms with Crippen molar-refractivity contribution in [2.24, 2.45) is 5.92 Å². The van der Waals surface area contributed by atoms with Crippen molar-refractivity contribution in [2.45, 2.75) is 38.8 Å². The number of fused-ring (bicyclic) bond motifs is 1. The lowest BCUT2D eigenvalue weighted by Gasteiger charge is -2.26. The van der Waals surface area contributed by atoms with Crippen LogP contribution in [-0.4, -0.2) is 45.0 Å². The van der Waals surface area contributed by atoms with Crippen molar-refractivity contribution in [1.29, 1.82) is 0 Å². The highest BCUT2D eigenvalue weighted by Crippen LogP contribution is 2.23. The number of amides is 4. The maximum absolute atomic E-state index is 13.2. The number of nitro groups is 1. The number of benzene rings is 2. The summed E-state index contributed by atoms with van der Waals surface area (Å²) in [5, 5.41) is 28.9. The van der Waals surface area contributed by atoms with E-state index in [9.17, 15) is 29.7 Å². The number of aromatic amines is 1. The second-order valence-corrected chi connectivity index (χ2v) is 8.34. The van der Waals surface area contributed by atoms with E-state index in [2.05, 4.69) is 20.9 Å². The van der Waals surface area contributed by atoms with Crippen molar-refractivity contribution >= 4 is 40.1 Å². The molecule has 3 aromatic rings. The lowest BCUT2D eigenvalue weighted by Crippen LogP contribution is -2.56. The third-order valence-corrected chi connectivity index (χ3v) is 5.97. The number of anilines is 1. The minimum atomic E-state index is -1.13. The SMILES string of the molecule is CC[C@H](C)[C@H](NC(=O)Nc1ccccc1[N+](=O)[O-])C(=O)N[C@@H](Cc1c[nH]c2ccccc12)C(=O)NO. The van der Waals surface area contributed by atoms with Crippen molar-refractivity contribution in [3.63, 3.8) is 0 Å². The van der Waals surface area contributed by atoms with E-state index in [0.717, 1.165) is 16.5 Å². The van der Waals surface area contributed by atoms with Gasteiger partial charge in [-0.3, -0.25) is 24.9 Å². The molecule has 1 aromatic heterocycles. The molecule has 12 heteroatoms. The Bertz CT molecular complexity index is 1260. The zero-order chi connectivity index (χ0) is 26.2. The van der Waals surface area contributed by atoms with Crippen LogP contribution in [-0.2, 0) is 16.0 Å². The standard InChI is InChI=1S/C24H28N6O6/c1-3-14(2)21(28-24(33)27-18-10-6-7-11-20(18)30(35)36)23(32)26-19(22(31)29-34)12-15-13-25-17-9-5-4-8-16(15)17/h4-11,13-14,19,21,25,34H,3,12H2,1-2H3,(H,26,32)(H,29,31)(H2,27,28,33)/t14-,19-,21-/m0/s1. The summed E-state index contributed by atoms with van der Waals surface area (Å²) in [6.45, 7) is 3.58. The number of hydrogen-bond acceptors (Lipinski definition) is 6. The molecule has 1 heterocycles. The van der Waals surface area contributed by atoms with Crippen LogP contribution in [0.2, 0.25) is 0 Å². The summed E-state index contributed by atoms with van der Waals surface area (Å²) >= 11 is 0. The fourth-order valence-corrected chi connectivity index (χ4v) is 3.81. The molecular formula is C24H28N6O6. The van der Waals surface area contributed by atoms with E-state index in [1.807, 2.05) is 31.2 Å². The molecule has 3 atom stereocenters. The monoisotopic (exact) mass is 496 g/mol. The Morgan fingerprint density at radius 1 is 1.06 bits per heavy atom. The molecule has 0 fully saturated rings. The topological polar surface area (TPSA) is 178 Å². The smallest absolute Gasteiger partial charge is 0.320 e. The molecule has 4 amide bonds. The van der Waals surface area contributed by atoms with Crippen LogP contribution < -0.4 is 21.4 Å². The Morgan fingerprint density at radius 3 is 2.44 bits per heavy atom. The van der Waals surface area contributed by atoms with Gasteiger partial charge in [0.2, 0.25) is 5.91 Å². The Labute approximate surface area is 206 Å². The second-order valence-electron chi connectivity index (χ2n) is 8.34. The number of hydrogen-bond donors (Lipinski definition) is 6. The van der Waals surface area contributed by atoms with E-state index in [-0.39, 0.29) is 23.7 Å². The maximum Gasteiger partial charge on any atom is 0.320 e. The first-order chi connectivity index (χ1) is 17.2. The highest BCUT2D eigenvalue weighted by atomic mass is 16.6. The molecule has 0 spiro atoms. The molecule has 3 rings (SSSR count). The van der Waals surface area contributed by atoms with Crippen molar-refractivity contribution in [3.05, 3.63) is 70.4 Å². The lowest BCUT2D eigenvalue weighted by atomic mass is 9.97. The second kappa shape index (κ2) is 11.8. The highest BCUT2D eigenvalue weighted by molar-refractivity contribution is 5.96. The molecule has 190 valence electrons. The van der Waals surface area contributed by atoms with Gasteiger partial charge in [-0.1, -0.05) is 50.6 Å². The molecule has 0 aliphatic carbocycles. The van der Waals surface area contributed by atoms with Gasteiger partial charge in [0, 0.05) is 29.6 Å². The fourth-order valence-electron chi connectivity index (χ4n) is 3.81. The summed E-state index contributed by atoms with van der Waals surface area (Å²) < 4.78 is 0. The number of hydroxylamine groups is 1. The number of H-pyrrole nitrogens is 1. The summed E-state index contributed by atoms with van der Waals surface area (Å²) in [6, 6.07) is 10.1. The first kappa shape index (κ1) is 26.2. The maximum atomic E-state index is 13.2. The predicted octanol–water partition coefficient (Wildman–Crippen LogP) is 2.85. The first-order valence-electron chi connectivity index (χ1n) is 11.3. The predicted molar refractivity (Wildman–Crippen MR) is 132 cm³/mol. The van der Waals surface area contributed by atoms with Crippen molar-refractivity contribution < 1.29 is 24.5 Å². The molecular weight excluding hydrogens is 468 g/mol. The summed E-state index contributed by atoms with van der Waals surface area (Å²) in [5.41, 5.74) is 2.86. The normalized spacial score (nSPS) is 13.3. The summed E-state index contributed by atoms with van der Waals surface area (Å²) in [7, 11) is 0. The van der Waals surface area contributed by atoms with Gasteiger partial charge in [-0.25, -0.2) is 10.3 Å². The van der Waals surface area contributed by atoms with Gasteiger partial charge in [-0.2, -0.15) is 0 Å². The van der Waals surface area contributed by atoms with Crippen molar-refractivity contribution in [3.8, 4) is 0 Å². The van der Waals surface area contributed by atoms with E-state index in [4.69, 9.17) is 0 Å². The molecule has 2 aromatic carbocycles. The largest absolute Gasteiger partial charge is 0.361 e. The third kappa shape index (κ3) is 6.16. The summed E-state index contributed by atoms with van der Waals surface area (Å²) in [5.74, 6) is -1.80. The van der Waals surface area contributed by atoms with Crippen LogP contribution in [0.25, 0.3) is 10.9 Å². The van der Waals surface area contributed by atoms with E-state index < -0.39 is 34.9 Å². The number of nitro benzene ring substituents is 1. The van der Waals surface area contributed by atoms with Crippen LogP contribution in [0.5, 0.6) is 0 Å². The van der Waals surface area contributed by atoms with Crippen LogP contribution in [0, 0.1) is 16.0 Å². The van der Waals surface area contributed by atoms with Gasteiger partial charge in [0.25, 0.3) is 11.6 Å². The zero-order valence-electron chi connectivity index (χ0n) is 19.8. The average Bonchev–Trinajstić information content (AvgIpc) is 3.28. The van der Waals surface area contributed by atoms with E-state index >= 15 is 0 Å². The Balaban J connectivity index is 1.76. The minimum Gasteiger partial charge on any atom is -0.361 e.